The van der Waals surface area contributed by atoms with E-state index >= 15 is 0 Å². The third kappa shape index (κ3) is 14.1. The Kier molecular flexibility index (Phi) is 9.80. The second-order valence-electron chi connectivity index (χ2n) is 9.30. The highest BCUT2D eigenvalue weighted by Gasteiger charge is 2.37. The van der Waals surface area contributed by atoms with Crippen LogP contribution in [0.25, 0.3) is 0 Å². The summed E-state index contributed by atoms with van der Waals surface area (Å²) in [5, 5.41) is 0. The minimum absolute atomic E-state index is 0.0346. The quantitative estimate of drug-likeness (QED) is 0.334. The predicted molar refractivity (Wildman–Crippen MR) is 104 cm³/mol. The average molecular weight is 425 g/mol. The second-order valence-corrected chi connectivity index (χ2v) is 10.8. The fourth-order valence-corrected chi connectivity index (χ4v) is 3.45. The number of carbonyl (C=O) groups is 2. The van der Waals surface area contributed by atoms with E-state index in [4.69, 9.17) is 28.8 Å². The molecule has 0 aliphatic rings. The fraction of sp³-hybridized carbons (Fsp3) is 0.889. The van der Waals surface area contributed by atoms with Gasteiger partial charge in [0.25, 0.3) is 0 Å². The Bertz CT molecular complexity index is 552. The molecular formula is C18H36NO8P. The molecule has 2 N–H and O–H groups in total. The van der Waals surface area contributed by atoms with Crippen LogP contribution in [0.5, 0.6) is 0 Å². The number of phosphoric ester groups is 1. The van der Waals surface area contributed by atoms with Crippen LogP contribution in [0.15, 0.2) is 0 Å². The highest BCUT2D eigenvalue weighted by atomic mass is 31.2. The minimum Gasteiger partial charge on any atom is -0.460 e. The molecule has 9 nitrogen and oxygen atoms in total. The molecular weight excluding hydrogens is 389 g/mol. The molecule has 0 aromatic rings. The van der Waals surface area contributed by atoms with Crippen LogP contribution in [0, 0.1) is 0 Å². The van der Waals surface area contributed by atoms with Crippen LogP contribution in [-0.4, -0.2) is 41.6 Å². The Morgan fingerprint density at radius 3 is 1.75 bits per heavy atom. The maximum atomic E-state index is 12.8. The Morgan fingerprint density at radius 2 is 1.36 bits per heavy atom. The lowest BCUT2D eigenvalue weighted by Crippen LogP contribution is -2.34. The van der Waals surface area contributed by atoms with E-state index in [1.807, 2.05) is 0 Å². The molecule has 0 fully saturated rings. The van der Waals surface area contributed by atoms with E-state index in [2.05, 4.69) is 0 Å². The summed E-state index contributed by atoms with van der Waals surface area (Å²) in [4.78, 5) is 23.6. The van der Waals surface area contributed by atoms with Crippen LogP contribution in [0.4, 0.5) is 0 Å². The van der Waals surface area contributed by atoms with Gasteiger partial charge < -0.3 is 15.2 Å². The first kappa shape index (κ1) is 27.0. The Morgan fingerprint density at radius 1 is 0.893 bits per heavy atom. The van der Waals surface area contributed by atoms with E-state index < -0.39 is 49.4 Å². The molecule has 10 heteroatoms. The minimum atomic E-state index is -4.00. The lowest BCUT2D eigenvalue weighted by atomic mass is 10.1. The molecule has 0 heterocycles. The number of carbonyl (C=O) groups excluding carboxylic acids is 2. The van der Waals surface area contributed by atoms with Crippen molar-refractivity contribution >= 4 is 19.8 Å². The number of phosphoric acid groups is 1. The Balaban J connectivity index is 4.61. The largest absolute Gasteiger partial charge is 0.478 e. The van der Waals surface area contributed by atoms with Gasteiger partial charge in [-0.1, -0.05) is 0 Å². The molecule has 1 atom stereocenters. The molecule has 1 unspecified atom stereocenters. The van der Waals surface area contributed by atoms with Crippen LogP contribution in [0.3, 0.4) is 0 Å². The van der Waals surface area contributed by atoms with Gasteiger partial charge in [-0.25, -0.2) is 9.09 Å². The molecule has 0 saturated carbocycles. The summed E-state index contributed by atoms with van der Waals surface area (Å²) in [6, 6.07) is -1.05. The zero-order valence-corrected chi connectivity index (χ0v) is 19.4. The van der Waals surface area contributed by atoms with E-state index in [9.17, 15) is 14.2 Å². The van der Waals surface area contributed by atoms with Gasteiger partial charge in [-0.05, 0) is 68.7 Å². The molecule has 0 aromatic heterocycles. The van der Waals surface area contributed by atoms with Crippen molar-refractivity contribution in [2.45, 2.75) is 98.0 Å². The normalized spacial score (nSPS) is 14.5. The summed E-state index contributed by atoms with van der Waals surface area (Å²) in [7, 11) is -4.00. The van der Waals surface area contributed by atoms with Gasteiger partial charge in [-0.15, -0.1) is 0 Å². The van der Waals surface area contributed by atoms with E-state index in [0.29, 0.717) is 0 Å². The lowest BCUT2D eigenvalue weighted by Gasteiger charge is -2.30. The van der Waals surface area contributed by atoms with Crippen LogP contribution in [-0.2, 0) is 37.2 Å². The smallest absolute Gasteiger partial charge is 0.460 e. The van der Waals surface area contributed by atoms with E-state index in [-0.39, 0.29) is 12.8 Å². The van der Waals surface area contributed by atoms with Crippen LogP contribution >= 0.6 is 7.82 Å². The molecule has 0 saturated heterocycles. The SMILES string of the molecule is CC(C)(C)OC(=O)CCC(N)C(=O)OCOP(=O)(OC(C)(C)C)OC(C)(C)C. The zero-order valence-electron chi connectivity index (χ0n) is 18.5. The van der Waals surface area contributed by atoms with Gasteiger partial charge in [-0.3, -0.25) is 18.6 Å². The monoisotopic (exact) mass is 425 g/mol. The van der Waals surface area contributed by atoms with Gasteiger partial charge in [0.15, 0.2) is 0 Å². The first-order valence-corrected chi connectivity index (χ1v) is 10.6. The van der Waals surface area contributed by atoms with E-state index in [1.54, 1.807) is 62.3 Å². The number of hydrogen-bond donors (Lipinski definition) is 1. The molecule has 0 rings (SSSR count). The van der Waals surface area contributed by atoms with Gasteiger partial charge >= 0.3 is 19.8 Å². The highest BCUT2D eigenvalue weighted by molar-refractivity contribution is 7.48. The Labute approximate surface area is 168 Å². The summed E-state index contributed by atoms with van der Waals surface area (Å²) in [6.45, 7) is 14.7. The summed E-state index contributed by atoms with van der Waals surface area (Å²) < 4.78 is 38.7. The zero-order chi connectivity index (χ0) is 22.4. The molecule has 0 aliphatic heterocycles. The lowest BCUT2D eigenvalue weighted by molar-refractivity contribution is -0.156. The summed E-state index contributed by atoms with van der Waals surface area (Å²) >= 11 is 0. The van der Waals surface area contributed by atoms with Gasteiger partial charge in [0.05, 0.1) is 11.2 Å². The maximum absolute atomic E-state index is 12.8. The predicted octanol–water partition coefficient (Wildman–Crippen LogP) is 3.69. The topological polar surface area (TPSA) is 123 Å². The van der Waals surface area contributed by atoms with Crippen molar-refractivity contribution in [3.8, 4) is 0 Å². The summed E-state index contributed by atoms with van der Waals surface area (Å²) in [6.07, 6.45) is 0.00947. The molecule has 0 aliphatic carbocycles. The molecule has 28 heavy (non-hydrogen) atoms. The van der Waals surface area contributed by atoms with E-state index in [1.165, 1.54) is 0 Å². The molecule has 0 spiro atoms. The third-order valence-electron chi connectivity index (χ3n) is 2.57. The summed E-state index contributed by atoms with van der Waals surface area (Å²) in [5.41, 5.74) is 3.48. The number of hydrogen-bond acceptors (Lipinski definition) is 9. The number of nitrogens with two attached hydrogens (primary N) is 1. The molecule has 166 valence electrons. The number of rotatable bonds is 9. The average Bonchev–Trinajstić information content (AvgIpc) is 2.38. The number of esters is 2. The molecule has 0 radical (unpaired) electrons. The second kappa shape index (κ2) is 10.2. The first-order valence-electron chi connectivity index (χ1n) is 9.12. The van der Waals surface area contributed by atoms with Crippen molar-refractivity contribution in [1.82, 2.24) is 0 Å². The van der Waals surface area contributed by atoms with E-state index in [0.717, 1.165) is 0 Å². The number of ether oxygens (including phenoxy) is 2. The van der Waals surface area contributed by atoms with Crippen molar-refractivity contribution in [2.24, 2.45) is 5.73 Å². The fourth-order valence-electron chi connectivity index (χ4n) is 1.78. The van der Waals surface area contributed by atoms with Crippen molar-refractivity contribution in [3.63, 3.8) is 0 Å². The van der Waals surface area contributed by atoms with Crippen molar-refractivity contribution in [2.75, 3.05) is 6.79 Å². The molecule has 0 aromatic carbocycles. The van der Waals surface area contributed by atoms with Crippen LogP contribution < -0.4 is 5.73 Å². The molecule has 0 bridgehead atoms. The van der Waals surface area contributed by atoms with Crippen molar-refractivity contribution in [3.05, 3.63) is 0 Å². The standard InChI is InChI=1S/C18H36NO8P/c1-16(2,3)25-14(20)11-10-13(19)15(21)23-12-24-28(22,26-17(4,5)6)27-18(7,8)9/h13H,10-12,19H2,1-9H3. The van der Waals surface area contributed by atoms with Crippen LogP contribution in [0.2, 0.25) is 0 Å². The maximum Gasteiger partial charge on any atom is 0.478 e. The third-order valence-corrected chi connectivity index (χ3v) is 4.53. The van der Waals surface area contributed by atoms with Gasteiger partial charge in [-0.2, -0.15) is 0 Å². The van der Waals surface area contributed by atoms with Gasteiger partial charge in [0.2, 0.25) is 6.79 Å². The van der Waals surface area contributed by atoms with Crippen LogP contribution in [0.1, 0.15) is 75.2 Å². The van der Waals surface area contributed by atoms with Gasteiger partial charge in [0.1, 0.15) is 11.6 Å². The van der Waals surface area contributed by atoms with Crippen molar-refractivity contribution in [1.29, 1.82) is 0 Å². The Hall–Kier alpha value is -0.990. The summed E-state index contributed by atoms with van der Waals surface area (Å²) in [5.74, 6) is -1.27. The first-order chi connectivity index (χ1) is 12.3. The van der Waals surface area contributed by atoms with Crippen molar-refractivity contribution < 1.29 is 37.2 Å². The molecule has 0 amide bonds. The van der Waals surface area contributed by atoms with Gasteiger partial charge in [0, 0.05) is 6.42 Å². The highest BCUT2D eigenvalue weighted by Crippen LogP contribution is 2.55.